The number of anilines is 1. The molecule has 2 atom stereocenters. The van der Waals surface area contributed by atoms with E-state index in [-0.39, 0.29) is 6.10 Å². The first kappa shape index (κ1) is 15.0. The molecule has 114 valence electrons. The standard InChI is InChI=1S/C19H16N2O2/c20-13-5-6-14-9-11-15(12-10-14)21-19(22)23-18-16-7-3-1-2-4-8-17(16)18/h9-12,16-18H,3-4,7-8H2,(H,21,22)/t16-,17-/m1/s1. The molecule has 3 rings (SSSR count). The first-order chi connectivity index (χ1) is 11.3. The molecule has 4 nitrogen and oxygen atoms in total. The predicted octanol–water partition coefficient (Wildman–Crippen LogP) is 3.30. The van der Waals surface area contributed by atoms with Gasteiger partial charge >= 0.3 is 6.09 Å². The van der Waals surface area contributed by atoms with Gasteiger partial charge in [0.25, 0.3) is 0 Å². The summed E-state index contributed by atoms with van der Waals surface area (Å²) in [6.45, 7) is 0. The summed E-state index contributed by atoms with van der Waals surface area (Å²) < 4.78 is 5.54. The summed E-state index contributed by atoms with van der Waals surface area (Å²) in [7, 11) is 0. The first-order valence-electron chi connectivity index (χ1n) is 7.71. The van der Waals surface area contributed by atoms with Crippen LogP contribution < -0.4 is 5.32 Å². The molecule has 1 amide bonds. The second-order valence-electron chi connectivity index (χ2n) is 5.69. The van der Waals surface area contributed by atoms with Crippen molar-refractivity contribution in [2.45, 2.75) is 31.8 Å². The van der Waals surface area contributed by atoms with Gasteiger partial charge in [-0.3, -0.25) is 5.32 Å². The van der Waals surface area contributed by atoms with Gasteiger partial charge in [0.05, 0.1) is 0 Å². The molecule has 2 aliphatic rings. The smallest absolute Gasteiger partial charge is 0.411 e. The van der Waals surface area contributed by atoms with Gasteiger partial charge in [-0.2, -0.15) is 5.26 Å². The van der Waals surface area contributed by atoms with Gasteiger partial charge in [0.15, 0.2) is 6.07 Å². The number of amides is 1. The molecular weight excluding hydrogens is 288 g/mol. The Morgan fingerprint density at radius 2 is 1.83 bits per heavy atom. The Labute approximate surface area is 135 Å². The summed E-state index contributed by atoms with van der Waals surface area (Å²) >= 11 is 0. The molecule has 1 aromatic carbocycles. The summed E-state index contributed by atoms with van der Waals surface area (Å²) in [6, 6.07) is 8.76. The normalized spacial score (nSPS) is 24.0. The minimum absolute atomic E-state index is 0.0254. The molecule has 0 bridgehead atoms. The van der Waals surface area contributed by atoms with E-state index in [1.165, 1.54) is 0 Å². The number of nitrogens with one attached hydrogen (secondary N) is 1. The minimum atomic E-state index is -0.418. The maximum absolute atomic E-state index is 12.0. The van der Waals surface area contributed by atoms with Gasteiger partial charge in [-0.1, -0.05) is 5.92 Å². The van der Waals surface area contributed by atoms with Gasteiger partial charge in [0.2, 0.25) is 0 Å². The highest BCUT2D eigenvalue weighted by atomic mass is 16.6. The van der Waals surface area contributed by atoms with Gasteiger partial charge in [-0.15, -0.1) is 11.8 Å². The molecule has 0 radical (unpaired) electrons. The average molecular weight is 304 g/mol. The lowest BCUT2D eigenvalue weighted by Gasteiger charge is -2.07. The fraction of sp³-hybridized carbons (Fsp3) is 0.368. The van der Waals surface area contributed by atoms with E-state index in [1.54, 1.807) is 30.3 Å². The van der Waals surface area contributed by atoms with Crippen molar-refractivity contribution >= 4 is 11.8 Å². The largest absolute Gasteiger partial charge is 0.445 e. The molecular formula is C19H16N2O2. The van der Waals surface area contributed by atoms with Crippen molar-refractivity contribution in [3.63, 3.8) is 0 Å². The van der Waals surface area contributed by atoms with Crippen LogP contribution in [0, 0.1) is 46.8 Å². The van der Waals surface area contributed by atoms with E-state index in [2.05, 4.69) is 29.0 Å². The van der Waals surface area contributed by atoms with Gasteiger partial charge in [-0.05, 0) is 37.1 Å². The molecule has 0 aromatic heterocycles. The number of fused-ring (bicyclic) bond motifs is 1. The molecule has 0 aliphatic heterocycles. The SMILES string of the molecule is N#CC#Cc1ccc(NC(=O)OC2[C@@H]3CCC#CCC[C@@H]23)cc1. The highest BCUT2D eigenvalue weighted by Gasteiger charge is 2.52. The molecule has 0 unspecified atom stereocenters. The van der Waals surface area contributed by atoms with E-state index in [9.17, 15) is 4.79 Å². The van der Waals surface area contributed by atoms with Crippen LogP contribution in [0.5, 0.6) is 0 Å². The molecule has 23 heavy (non-hydrogen) atoms. The zero-order valence-electron chi connectivity index (χ0n) is 12.6. The Morgan fingerprint density at radius 1 is 1.17 bits per heavy atom. The topological polar surface area (TPSA) is 62.1 Å². The maximum Gasteiger partial charge on any atom is 0.411 e. The third-order valence-electron chi connectivity index (χ3n) is 4.22. The van der Waals surface area contributed by atoms with Crippen molar-refractivity contribution in [3.8, 4) is 29.8 Å². The number of hydrogen-bond donors (Lipinski definition) is 1. The number of carbonyl (C=O) groups excluding carboxylic acids is 1. The molecule has 0 heterocycles. The van der Waals surface area contributed by atoms with Gasteiger partial charge in [0, 0.05) is 41.8 Å². The van der Waals surface area contributed by atoms with Crippen LogP contribution in [0.15, 0.2) is 24.3 Å². The second-order valence-corrected chi connectivity index (χ2v) is 5.69. The Hall–Kier alpha value is -2.90. The number of hydrogen-bond acceptors (Lipinski definition) is 3. The Balaban J connectivity index is 1.51. The molecule has 1 N–H and O–H groups in total. The summed E-state index contributed by atoms with van der Waals surface area (Å²) in [5, 5.41) is 11.1. The molecule has 1 saturated carbocycles. The van der Waals surface area contributed by atoms with Gasteiger partial charge < -0.3 is 4.74 Å². The molecule has 2 aliphatic carbocycles. The summed E-state index contributed by atoms with van der Waals surface area (Å²) in [5.74, 6) is 12.3. The van der Waals surface area contributed by atoms with Crippen LogP contribution in [0.1, 0.15) is 31.2 Å². The van der Waals surface area contributed by atoms with Crippen LogP contribution >= 0.6 is 0 Å². The molecule has 4 heteroatoms. The van der Waals surface area contributed by atoms with Gasteiger partial charge in [-0.25, -0.2) is 4.79 Å². The summed E-state index contributed by atoms with van der Waals surface area (Å²) in [5.41, 5.74) is 1.38. The predicted molar refractivity (Wildman–Crippen MR) is 86.0 cm³/mol. The lowest BCUT2D eigenvalue weighted by atomic mass is 10.1. The zero-order chi connectivity index (χ0) is 16.1. The van der Waals surface area contributed by atoms with Crippen LogP contribution in [-0.4, -0.2) is 12.2 Å². The fourth-order valence-electron chi connectivity index (χ4n) is 3.00. The zero-order valence-corrected chi connectivity index (χ0v) is 12.6. The van der Waals surface area contributed by atoms with Crippen molar-refractivity contribution in [1.29, 1.82) is 5.26 Å². The van der Waals surface area contributed by atoms with Crippen LogP contribution in [0.25, 0.3) is 0 Å². The Kier molecular flexibility index (Phi) is 4.51. The number of nitriles is 1. The van der Waals surface area contributed by atoms with Crippen LogP contribution in [0.4, 0.5) is 10.5 Å². The third kappa shape index (κ3) is 3.85. The number of nitrogens with zero attached hydrogens (tertiary/aromatic N) is 1. The highest BCUT2D eigenvalue weighted by molar-refractivity contribution is 5.84. The van der Waals surface area contributed by atoms with E-state index in [1.807, 2.05) is 0 Å². The lowest BCUT2D eigenvalue weighted by Crippen LogP contribution is -2.16. The van der Waals surface area contributed by atoms with Crippen LogP contribution in [0.3, 0.4) is 0 Å². The minimum Gasteiger partial charge on any atom is -0.445 e. The molecule has 0 spiro atoms. The van der Waals surface area contributed by atoms with E-state index >= 15 is 0 Å². The first-order valence-corrected chi connectivity index (χ1v) is 7.71. The number of carbonyl (C=O) groups is 1. The van der Waals surface area contributed by atoms with Crippen molar-refractivity contribution in [2.24, 2.45) is 11.8 Å². The number of rotatable bonds is 2. The van der Waals surface area contributed by atoms with E-state index in [0.29, 0.717) is 17.5 Å². The lowest BCUT2D eigenvalue weighted by molar-refractivity contribution is 0.143. The Morgan fingerprint density at radius 3 is 2.43 bits per heavy atom. The van der Waals surface area contributed by atoms with Crippen LogP contribution in [0.2, 0.25) is 0 Å². The second kappa shape index (κ2) is 6.91. The van der Waals surface area contributed by atoms with Crippen molar-refractivity contribution < 1.29 is 9.53 Å². The van der Waals surface area contributed by atoms with Crippen molar-refractivity contribution in [1.82, 2.24) is 0 Å². The quantitative estimate of drug-likeness (QED) is 0.853. The van der Waals surface area contributed by atoms with E-state index in [0.717, 1.165) is 31.2 Å². The van der Waals surface area contributed by atoms with E-state index < -0.39 is 6.09 Å². The molecule has 0 saturated heterocycles. The third-order valence-corrected chi connectivity index (χ3v) is 4.22. The van der Waals surface area contributed by atoms with Gasteiger partial charge in [0.1, 0.15) is 6.10 Å². The number of ether oxygens (including phenoxy) is 1. The van der Waals surface area contributed by atoms with E-state index in [4.69, 9.17) is 10.00 Å². The summed E-state index contributed by atoms with van der Waals surface area (Å²) in [4.78, 5) is 12.0. The van der Waals surface area contributed by atoms with Crippen molar-refractivity contribution in [3.05, 3.63) is 29.8 Å². The maximum atomic E-state index is 12.0. The average Bonchev–Trinajstić information content (AvgIpc) is 3.15. The molecule has 1 fully saturated rings. The fourth-order valence-corrected chi connectivity index (χ4v) is 3.00. The van der Waals surface area contributed by atoms with Crippen LogP contribution in [-0.2, 0) is 4.74 Å². The Bertz CT molecular complexity index is 735. The monoisotopic (exact) mass is 304 g/mol. The van der Waals surface area contributed by atoms with Crippen molar-refractivity contribution in [2.75, 3.05) is 5.32 Å². The summed E-state index contributed by atoms with van der Waals surface area (Å²) in [6.07, 6.45) is 3.43. The number of benzene rings is 1. The molecule has 1 aromatic rings. The highest BCUT2D eigenvalue weighted by Crippen LogP contribution is 2.48.